The standard InChI is InChI=1S/C78H52N2SSi/c1-6-25-53(26-7-1)56-31-22-36-60(49-56)82(58-32-12-4-13-33-58,59-34-14-5-15-35-59)61-51-68(54-27-8-2-9-28-54)78(69(52-61)55-29-10-3-11-30-55)80-72-44-20-17-38-63(72)70-50-57(47-48-73(70)80)79-71-43-19-16-37-62(71)65-41-23-42-66(77(65)79)64-40-24-46-75-76(64)67-39-18-21-45-74(67)81-75/h1-52H. The first-order valence-electron chi connectivity index (χ1n) is 28.2. The minimum atomic E-state index is -3.16. The molecule has 384 valence electrons. The van der Waals surface area contributed by atoms with E-state index in [1.54, 1.807) is 0 Å². The van der Waals surface area contributed by atoms with Crippen molar-refractivity contribution in [3.63, 3.8) is 0 Å². The smallest absolute Gasteiger partial charge is 0.179 e. The van der Waals surface area contributed by atoms with E-state index >= 15 is 0 Å². The maximum absolute atomic E-state index is 3.16. The van der Waals surface area contributed by atoms with Crippen molar-refractivity contribution in [3.8, 4) is 55.9 Å². The molecule has 3 aromatic heterocycles. The van der Waals surface area contributed by atoms with E-state index in [2.05, 4.69) is 325 Å². The molecule has 0 fully saturated rings. The van der Waals surface area contributed by atoms with Gasteiger partial charge in [-0.2, -0.15) is 0 Å². The topological polar surface area (TPSA) is 9.86 Å². The zero-order chi connectivity index (χ0) is 54.1. The fourth-order valence-corrected chi connectivity index (χ4v) is 19.5. The molecule has 2 nitrogen and oxygen atoms in total. The maximum Gasteiger partial charge on any atom is 0.179 e. The number of rotatable bonds is 10. The number of benzene rings is 13. The van der Waals surface area contributed by atoms with Crippen LogP contribution in [0.3, 0.4) is 0 Å². The molecule has 0 amide bonds. The van der Waals surface area contributed by atoms with Crippen LogP contribution in [0.2, 0.25) is 0 Å². The van der Waals surface area contributed by atoms with Gasteiger partial charge in [-0.25, -0.2) is 0 Å². The Labute approximate surface area is 481 Å². The summed E-state index contributed by atoms with van der Waals surface area (Å²) in [5, 5.41) is 12.8. The summed E-state index contributed by atoms with van der Waals surface area (Å²) in [7, 11) is -3.16. The molecular weight excluding hydrogens is 1030 g/mol. The van der Waals surface area contributed by atoms with Gasteiger partial charge in [-0.1, -0.05) is 273 Å². The van der Waals surface area contributed by atoms with Crippen LogP contribution in [0.5, 0.6) is 0 Å². The first-order valence-corrected chi connectivity index (χ1v) is 31.1. The average molecular weight is 1080 g/mol. The Morgan fingerprint density at radius 2 is 0.720 bits per heavy atom. The molecule has 0 radical (unpaired) electrons. The lowest BCUT2D eigenvalue weighted by atomic mass is 9.95. The Hall–Kier alpha value is -10.1. The van der Waals surface area contributed by atoms with Crippen molar-refractivity contribution in [2.45, 2.75) is 0 Å². The van der Waals surface area contributed by atoms with Gasteiger partial charge in [0.2, 0.25) is 0 Å². The molecule has 0 saturated heterocycles. The summed E-state index contributed by atoms with van der Waals surface area (Å²) in [6.45, 7) is 0. The summed E-state index contributed by atoms with van der Waals surface area (Å²) in [6.07, 6.45) is 0. The van der Waals surface area contributed by atoms with Crippen molar-refractivity contribution >= 4 is 104 Å². The van der Waals surface area contributed by atoms with E-state index in [1.165, 1.54) is 107 Å². The van der Waals surface area contributed by atoms with Gasteiger partial charge in [0.25, 0.3) is 0 Å². The first kappa shape index (κ1) is 47.9. The van der Waals surface area contributed by atoms with Gasteiger partial charge >= 0.3 is 0 Å². The Kier molecular flexibility index (Phi) is 11.4. The maximum atomic E-state index is 2.58. The van der Waals surface area contributed by atoms with Gasteiger partial charge in [0.1, 0.15) is 0 Å². The number of nitrogens with zero attached hydrogens (tertiary/aromatic N) is 2. The van der Waals surface area contributed by atoms with E-state index in [0.717, 1.165) is 33.5 Å². The monoisotopic (exact) mass is 1080 g/mol. The molecule has 82 heavy (non-hydrogen) atoms. The molecule has 0 saturated carbocycles. The van der Waals surface area contributed by atoms with Crippen LogP contribution in [-0.4, -0.2) is 17.2 Å². The Morgan fingerprint density at radius 1 is 0.256 bits per heavy atom. The molecule has 13 aromatic carbocycles. The summed E-state index contributed by atoms with van der Waals surface area (Å²) in [5.74, 6) is 0. The number of hydrogen-bond donors (Lipinski definition) is 0. The molecule has 16 rings (SSSR count). The third-order valence-corrected chi connectivity index (χ3v) is 22.9. The second-order valence-electron chi connectivity index (χ2n) is 21.5. The van der Waals surface area contributed by atoms with Crippen LogP contribution in [0.4, 0.5) is 0 Å². The van der Waals surface area contributed by atoms with Gasteiger partial charge < -0.3 is 9.13 Å². The van der Waals surface area contributed by atoms with Gasteiger partial charge in [-0.15, -0.1) is 11.3 Å². The highest BCUT2D eigenvalue weighted by Crippen LogP contribution is 2.46. The molecule has 0 spiro atoms. The van der Waals surface area contributed by atoms with E-state index in [4.69, 9.17) is 0 Å². The van der Waals surface area contributed by atoms with Gasteiger partial charge in [0.15, 0.2) is 8.07 Å². The predicted molar refractivity (Wildman–Crippen MR) is 353 cm³/mol. The third kappa shape index (κ3) is 7.53. The summed E-state index contributed by atoms with van der Waals surface area (Å²) >= 11 is 1.87. The van der Waals surface area contributed by atoms with E-state index in [1.807, 2.05) is 11.3 Å². The van der Waals surface area contributed by atoms with Crippen molar-refractivity contribution < 1.29 is 0 Å². The average Bonchev–Trinajstić information content (AvgIpc) is 3.20. The highest BCUT2D eigenvalue weighted by molar-refractivity contribution is 7.26. The molecule has 0 aliphatic rings. The number of thiophene rings is 1. The fraction of sp³-hybridized carbons (Fsp3) is 0. The fourth-order valence-electron chi connectivity index (χ4n) is 13.6. The lowest BCUT2D eigenvalue weighted by molar-refractivity contribution is 1.17. The number of aromatic nitrogens is 2. The molecule has 0 atom stereocenters. The molecule has 3 heterocycles. The zero-order valence-electron chi connectivity index (χ0n) is 44.8. The van der Waals surface area contributed by atoms with Gasteiger partial charge in [-0.3, -0.25) is 0 Å². The van der Waals surface area contributed by atoms with Crippen LogP contribution in [0, 0.1) is 0 Å². The molecule has 0 unspecified atom stereocenters. The number of para-hydroxylation sites is 3. The normalized spacial score (nSPS) is 11.9. The number of fused-ring (bicyclic) bond motifs is 9. The van der Waals surface area contributed by atoms with Crippen LogP contribution >= 0.6 is 11.3 Å². The lowest BCUT2D eigenvalue weighted by Gasteiger charge is -2.36. The van der Waals surface area contributed by atoms with Gasteiger partial charge in [0, 0.05) is 64.1 Å². The Balaban J connectivity index is 0.997. The SMILES string of the molecule is c1ccc(-c2cccc([Si](c3ccccc3)(c3ccccc3)c3cc(-c4ccccc4)c(-n4c5ccccc5c5cc(-n6c7ccccc7c7cccc(-c8cccc9sc%10ccccc%10c89)c76)ccc54)c(-c4ccccc4)c3)c2)cc1. The minimum Gasteiger partial charge on any atom is -0.309 e. The highest BCUT2D eigenvalue weighted by atomic mass is 32.1. The second kappa shape index (κ2) is 19.6. The van der Waals surface area contributed by atoms with Gasteiger partial charge in [-0.05, 0) is 91.0 Å². The van der Waals surface area contributed by atoms with E-state index < -0.39 is 8.07 Å². The van der Waals surface area contributed by atoms with Crippen LogP contribution in [0.15, 0.2) is 315 Å². The number of hydrogen-bond acceptors (Lipinski definition) is 1. The summed E-state index contributed by atoms with van der Waals surface area (Å²) < 4.78 is 7.72. The van der Waals surface area contributed by atoms with Crippen molar-refractivity contribution in [2.75, 3.05) is 0 Å². The lowest BCUT2D eigenvalue weighted by Crippen LogP contribution is -2.74. The minimum absolute atomic E-state index is 1.12. The molecule has 0 aliphatic heterocycles. The molecule has 16 aromatic rings. The van der Waals surface area contributed by atoms with Crippen molar-refractivity contribution in [1.29, 1.82) is 0 Å². The van der Waals surface area contributed by atoms with Crippen LogP contribution in [0.25, 0.3) is 120 Å². The molecule has 0 aliphatic carbocycles. The van der Waals surface area contributed by atoms with Crippen LogP contribution < -0.4 is 20.7 Å². The third-order valence-electron chi connectivity index (χ3n) is 17.1. The second-order valence-corrected chi connectivity index (χ2v) is 26.4. The molecule has 4 heteroatoms. The van der Waals surface area contributed by atoms with Crippen LogP contribution in [-0.2, 0) is 0 Å². The van der Waals surface area contributed by atoms with Crippen molar-refractivity contribution in [3.05, 3.63) is 315 Å². The van der Waals surface area contributed by atoms with Crippen molar-refractivity contribution in [1.82, 2.24) is 9.13 Å². The molecular formula is C78H52N2SSi. The Morgan fingerprint density at radius 3 is 1.38 bits per heavy atom. The summed E-state index contributed by atoms with van der Waals surface area (Å²) in [6, 6.07) is 118. The first-order chi connectivity index (χ1) is 40.7. The van der Waals surface area contributed by atoms with Crippen LogP contribution in [0.1, 0.15) is 0 Å². The quantitative estimate of drug-likeness (QED) is 0.0954. The molecule has 0 N–H and O–H groups in total. The van der Waals surface area contributed by atoms with Gasteiger partial charge in [0.05, 0.1) is 27.8 Å². The summed E-state index contributed by atoms with van der Waals surface area (Å²) in [5.41, 5.74) is 16.5. The molecule has 0 bridgehead atoms. The Bertz CT molecular complexity index is 4980. The highest BCUT2D eigenvalue weighted by Gasteiger charge is 2.43. The largest absolute Gasteiger partial charge is 0.309 e. The van der Waals surface area contributed by atoms with E-state index in [0.29, 0.717) is 0 Å². The zero-order valence-corrected chi connectivity index (χ0v) is 46.6. The van der Waals surface area contributed by atoms with E-state index in [9.17, 15) is 0 Å². The van der Waals surface area contributed by atoms with Crippen molar-refractivity contribution in [2.24, 2.45) is 0 Å². The van der Waals surface area contributed by atoms with E-state index in [-0.39, 0.29) is 0 Å². The predicted octanol–water partition coefficient (Wildman–Crippen LogP) is 18.3. The summed E-state index contributed by atoms with van der Waals surface area (Å²) in [4.78, 5) is 0.